The van der Waals surface area contributed by atoms with Crippen molar-refractivity contribution < 1.29 is 24.5 Å². The van der Waals surface area contributed by atoms with Crippen LogP contribution in [-0.2, 0) is 9.53 Å². The highest BCUT2D eigenvalue weighted by Crippen LogP contribution is 2.14. The van der Waals surface area contributed by atoms with Gasteiger partial charge in [-0.15, -0.1) is 0 Å². The van der Waals surface area contributed by atoms with Crippen molar-refractivity contribution in [1.82, 2.24) is 4.90 Å². The van der Waals surface area contributed by atoms with Gasteiger partial charge in [0.05, 0.1) is 6.10 Å². The van der Waals surface area contributed by atoms with Crippen molar-refractivity contribution in [3.8, 4) is 0 Å². The Bertz CT molecular complexity index is 239. The molecule has 0 aromatic carbocycles. The molecule has 0 aromatic heterocycles. The Kier molecular flexibility index (Phi) is 25.8. The van der Waals surface area contributed by atoms with E-state index in [-0.39, 0.29) is 18.7 Å². The number of β-amino-alcohol motifs (C(OH)–C–C–N with tert-alkyl or cyclic N) is 1. The number of amides is 1. The molecule has 1 unspecified atom stereocenters. The first-order valence-corrected chi connectivity index (χ1v) is 8.04. The lowest BCUT2D eigenvalue weighted by Crippen LogP contribution is -2.35. The molecule has 0 spiro atoms. The zero-order valence-electron chi connectivity index (χ0n) is 15.8. The number of aliphatic hydroxyl groups excluding tert-OH is 1. The normalized spacial score (nSPS) is 15.2. The van der Waals surface area contributed by atoms with Crippen LogP contribution in [-0.4, -0.2) is 52.5 Å². The second-order valence-corrected chi connectivity index (χ2v) is 4.47. The lowest BCUT2D eigenvalue weighted by Gasteiger charge is -2.24. The first-order chi connectivity index (χ1) is 10.3. The summed E-state index contributed by atoms with van der Waals surface area (Å²) < 4.78 is 5.15. The van der Waals surface area contributed by atoms with Gasteiger partial charge >= 0.3 is 6.09 Å². The quantitative estimate of drug-likeness (QED) is 0.663. The van der Waals surface area contributed by atoms with Crippen molar-refractivity contribution in [2.24, 2.45) is 0 Å². The summed E-state index contributed by atoms with van der Waals surface area (Å²) in [7, 11) is 0. The first-order valence-electron chi connectivity index (χ1n) is 8.04. The number of nitrogens with zero attached hydrogens (tertiary/aromatic N) is 1. The molecular formula is C16H37NO5. The van der Waals surface area contributed by atoms with Gasteiger partial charge in [0.2, 0.25) is 0 Å². The minimum absolute atomic E-state index is 0.250. The molecule has 22 heavy (non-hydrogen) atoms. The van der Waals surface area contributed by atoms with E-state index in [4.69, 9.17) is 14.6 Å². The van der Waals surface area contributed by atoms with E-state index in [1.807, 2.05) is 62.3 Å². The number of rotatable bonds is 0. The Morgan fingerprint density at radius 3 is 1.73 bits per heavy atom. The smallest absolute Gasteiger partial charge is 0.410 e. The number of ether oxygens (including phenoxy) is 1. The van der Waals surface area contributed by atoms with Crippen LogP contribution in [0.2, 0.25) is 0 Å². The van der Waals surface area contributed by atoms with Gasteiger partial charge in [-0.25, -0.2) is 4.79 Å². The molecule has 0 radical (unpaired) electrons. The van der Waals surface area contributed by atoms with Crippen LogP contribution in [0.15, 0.2) is 0 Å². The van der Waals surface area contributed by atoms with Gasteiger partial charge in [0.15, 0.2) is 0 Å². The van der Waals surface area contributed by atoms with Crippen LogP contribution in [0, 0.1) is 0 Å². The van der Waals surface area contributed by atoms with E-state index < -0.39 is 5.60 Å². The molecule has 0 aromatic rings. The van der Waals surface area contributed by atoms with Gasteiger partial charge in [0.25, 0.3) is 6.47 Å². The number of carbonyl (C=O) groups excluding carboxylic acids is 1. The lowest BCUT2D eigenvalue weighted by atomic mass is 10.2. The minimum atomic E-state index is -0.454. The highest BCUT2D eigenvalue weighted by Gasteiger charge is 2.28. The zero-order chi connectivity index (χ0) is 18.8. The van der Waals surface area contributed by atoms with Crippen molar-refractivity contribution in [2.75, 3.05) is 13.1 Å². The number of likely N-dealkylation sites (tertiary alicyclic amines) is 1. The molecule has 1 rings (SSSR count). The Morgan fingerprint density at radius 1 is 1.14 bits per heavy atom. The molecule has 0 saturated carbocycles. The SMILES string of the molecule is CC.CC.CC.CC(C)(C)OC(=O)N1CCC(O)C1.O=CO. The van der Waals surface area contributed by atoms with Crippen molar-refractivity contribution in [3.63, 3.8) is 0 Å². The van der Waals surface area contributed by atoms with E-state index in [9.17, 15) is 9.90 Å². The molecule has 1 aliphatic heterocycles. The van der Waals surface area contributed by atoms with Gasteiger partial charge in [0.1, 0.15) is 5.60 Å². The van der Waals surface area contributed by atoms with Crippen LogP contribution >= 0.6 is 0 Å². The van der Waals surface area contributed by atoms with Gasteiger partial charge in [-0.1, -0.05) is 41.5 Å². The summed E-state index contributed by atoms with van der Waals surface area (Å²) in [5.74, 6) is 0. The van der Waals surface area contributed by atoms with Gasteiger partial charge in [-0.05, 0) is 27.2 Å². The van der Waals surface area contributed by atoms with Crippen LogP contribution in [0.25, 0.3) is 0 Å². The topological polar surface area (TPSA) is 87.1 Å². The van der Waals surface area contributed by atoms with Crippen LogP contribution in [0.5, 0.6) is 0 Å². The summed E-state index contributed by atoms with van der Waals surface area (Å²) in [6.45, 7) is 18.2. The third-order valence-electron chi connectivity index (χ3n) is 1.82. The summed E-state index contributed by atoms with van der Waals surface area (Å²) in [6, 6.07) is 0. The molecule has 6 heteroatoms. The van der Waals surface area contributed by atoms with Crippen LogP contribution in [0.4, 0.5) is 4.79 Å². The largest absolute Gasteiger partial charge is 0.483 e. The highest BCUT2D eigenvalue weighted by atomic mass is 16.6. The molecule has 2 N–H and O–H groups in total. The van der Waals surface area contributed by atoms with Gasteiger partial charge in [-0.2, -0.15) is 0 Å². The fourth-order valence-corrected chi connectivity index (χ4v) is 1.23. The Morgan fingerprint density at radius 2 is 1.50 bits per heavy atom. The monoisotopic (exact) mass is 323 g/mol. The number of aliphatic hydroxyl groups is 1. The fourth-order valence-electron chi connectivity index (χ4n) is 1.23. The number of hydrogen-bond donors (Lipinski definition) is 2. The average Bonchev–Trinajstić information content (AvgIpc) is 2.91. The zero-order valence-corrected chi connectivity index (χ0v) is 15.8. The fraction of sp³-hybridized carbons (Fsp3) is 0.875. The number of carboxylic acid groups (broad SMARTS) is 1. The lowest BCUT2D eigenvalue weighted by molar-refractivity contribution is -0.122. The number of hydrogen-bond acceptors (Lipinski definition) is 4. The number of carbonyl (C=O) groups is 2. The molecule has 1 atom stereocenters. The molecule has 0 bridgehead atoms. The maximum absolute atomic E-state index is 11.4. The second kappa shape index (κ2) is 19.7. The summed E-state index contributed by atoms with van der Waals surface area (Å²) in [5.41, 5.74) is -0.454. The summed E-state index contributed by atoms with van der Waals surface area (Å²) in [5, 5.41) is 16.1. The molecule has 1 heterocycles. The van der Waals surface area contributed by atoms with Crippen molar-refractivity contribution in [1.29, 1.82) is 0 Å². The van der Waals surface area contributed by atoms with Crippen LogP contribution in [0.1, 0.15) is 68.7 Å². The molecule has 1 aliphatic rings. The maximum Gasteiger partial charge on any atom is 0.410 e. The van der Waals surface area contributed by atoms with Gasteiger partial charge in [-0.3, -0.25) is 4.79 Å². The molecule has 136 valence electrons. The van der Waals surface area contributed by atoms with Crippen LogP contribution in [0.3, 0.4) is 0 Å². The van der Waals surface area contributed by atoms with Crippen molar-refractivity contribution >= 4 is 12.6 Å². The Labute approximate surface area is 136 Å². The average molecular weight is 323 g/mol. The van der Waals surface area contributed by atoms with E-state index in [0.29, 0.717) is 19.5 Å². The third kappa shape index (κ3) is 21.0. The Hall–Kier alpha value is -1.30. The van der Waals surface area contributed by atoms with Crippen LogP contribution < -0.4 is 0 Å². The van der Waals surface area contributed by atoms with Crippen molar-refractivity contribution in [2.45, 2.75) is 80.4 Å². The van der Waals surface area contributed by atoms with E-state index in [0.717, 1.165) is 0 Å². The summed E-state index contributed by atoms with van der Waals surface area (Å²) >= 11 is 0. The summed E-state index contributed by atoms with van der Waals surface area (Å²) in [6.07, 6.45) is -0.0595. The molecule has 1 saturated heterocycles. The van der Waals surface area contributed by atoms with Gasteiger partial charge < -0.3 is 19.8 Å². The second-order valence-electron chi connectivity index (χ2n) is 4.47. The molecule has 0 aliphatic carbocycles. The van der Waals surface area contributed by atoms with E-state index in [2.05, 4.69) is 0 Å². The van der Waals surface area contributed by atoms with Gasteiger partial charge in [0, 0.05) is 13.1 Å². The summed E-state index contributed by atoms with van der Waals surface area (Å²) in [4.78, 5) is 21.3. The predicted molar refractivity (Wildman–Crippen MR) is 91.2 cm³/mol. The molecule has 6 nitrogen and oxygen atoms in total. The molecule has 1 amide bonds. The highest BCUT2D eigenvalue weighted by molar-refractivity contribution is 5.68. The van der Waals surface area contributed by atoms with Crippen molar-refractivity contribution in [3.05, 3.63) is 0 Å². The first kappa shape index (κ1) is 28.8. The standard InChI is InChI=1S/C9H17NO3.3C2H6.CH2O2/c1-9(2,3)13-8(12)10-5-4-7(11)6-10;3*1-2;2-1-3/h7,11H,4-6H2,1-3H3;3*1-2H3;1H,(H,2,3). The van der Waals surface area contributed by atoms with E-state index in [1.165, 1.54) is 4.90 Å². The molecule has 1 fully saturated rings. The third-order valence-corrected chi connectivity index (χ3v) is 1.82. The van der Waals surface area contributed by atoms with E-state index in [1.54, 1.807) is 0 Å². The predicted octanol–water partition coefficient (Wildman–Crippen LogP) is 3.77. The van der Waals surface area contributed by atoms with E-state index >= 15 is 0 Å². The molecular weight excluding hydrogens is 286 g/mol. The minimum Gasteiger partial charge on any atom is -0.483 e. The maximum atomic E-state index is 11.4. The Balaban J connectivity index is -0.000000153.